The molecular weight excluding hydrogens is 228 g/mol. The Morgan fingerprint density at radius 1 is 1.18 bits per heavy atom. The Morgan fingerprint density at radius 2 is 1.82 bits per heavy atom. The van der Waals surface area contributed by atoms with Crippen molar-refractivity contribution in [2.45, 2.75) is 52.0 Å². The second-order valence-electron chi connectivity index (χ2n) is 6.31. The smallest absolute Gasteiger partial charge is 0.0771 e. The lowest BCUT2D eigenvalue weighted by Crippen LogP contribution is -2.48. The van der Waals surface area contributed by atoms with Crippen molar-refractivity contribution < 1.29 is 0 Å². The third-order valence-electron chi connectivity index (χ3n) is 4.53. The maximum atomic E-state index is 5.82. The number of hydrogen-bond acceptors (Lipinski definition) is 2. The Hall–Kier alpha value is -0.150. The molecule has 3 heteroatoms. The molecule has 0 aromatic heterocycles. The van der Waals surface area contributed by atoms with Crippen LogP contribution in [0.15, 0.2) is 0 Å². The summed E-state index contributed by atoms with van der Waals surface area (Å²) in [4.78, 5) is 3.39. The van der Waals surface area contributed by atoms with Crippen LogP contribution in [0, 0.1) is 17.8 Å². The first kappa shape index (κ1) is 13.3. The standard InChI is InChI=1S/C14H26N2S/c1-10-6-11(2)8-13(7-10)16-5-3-4-12(9-16)14(15)17/h10-13H,3-9H2,1-2H3,(H2,15,17). The highest BCUT2D eigenvalue weighted by Gasteiger charge is 2.31. The van der Waals surface area contributed by atoms with Crippen LogP contribution in [-0.4, -0.2) is 29.0 Å². The van der Waals surface area contributed by atoms with Crippen LogP contribution in [0.2, 0.25) is 0 Å². The van der Waals surface area contributed by atoms with Crippen LogP contribution in [0.25, 0.3) is 0 Å². The van der Waals surface area contributed by atoms with E-state index in [4.69, 9.17) is 18.0 Å². The number of nitrogens with two attached hydrogens (primary N) is 1. The zero-order chi connectivity index (χ0) is 12.4. The Balaban J connectivity index is 1.94. The van der Waals surface area contributed by atoms with E-state index in [9.17, 15) is 0 Å². The van der Waals surface area contributed by atoms with Gasteiger partial charge in [-0.15, -0.1) is 0 Å². The summed E-state index contributed by atoms with van der Waals surface area (Å²) < 4.78 is 0. The summed E-state index contributed by atoms with van der Waals surface area (Å²) in [5.41, 5.74) is 5.82. The summed E-state index contributed by atoms with van der Waals surface area (Å²) in [6, 6.07) is 0.783. The van der Waals surface area contributed by atoms with Crippen LogP contribution in [-0.2, 0) is 0 Å². The Bertz CT molecular complexity index is 269. The predicted octanol–water partition coefficient (Wildman–Crippen LogP) is 2.81. The number of hydrogen-bond donors (Lipinski definition) is 1. The van der Waals surface area contributed by atoms with Crippen molar-refractivity contribution in [2.75, 3.05) is 13.1 Å². The van der Waals surface area contributed by atoms with Crippen LogP contribution in [0.1, 0.15) is 46.0 Å². The van der Waals surface area contributed by atoms with Gasteiger partial charge in [0.2, 0.25) is 0 Å². The normalized spacial score (nSPS) is 40.1. The Kier molecular flexibility index (Phi) is 4.42. The van der Waals surface area contributed by atoms with Crippen LogP contribution >= 0.6 is 12.2 Å². The average molecular weight is 254 g/mol. The first-order valence-electron chi connectivity index (χ1n) is 7.09. The van der Waals surface area contributed by atoms with Crippen molar-refractivity contribution in [1.29, 1.82) is 0 Å². The highest BCUT2D eigenvalue weighted by molar-refractivity contribution is 7.80. The van der Waals surface area contributed by atoms with Gasteiger partial charge in [0, 0.05) is 18.5 Å². The van der Waals surface area contributed by atoms with Crippen molar-refractivity contribution in [3.05, 3.63) is 0 Å². The minimum absolute atomic E-state index is 0.464. The predicted molar refractivity (Wildman–Crippen MR) is 77.0 cm³/mol. The maximum Gasteiger partial charge on any atom is 0.0771 e. The third-order valence-corrected chi connectivity index (χ3v) is 4.86. The highest BCUT2D eigenvalue weighted by Crippen LogP contribution is 2.33. The minimum atomic E-state index is 0.464. The molecule has 0 radical (unpaired) electrons. The lowest BCUT2D eigenvalue weighted by Gasteiger charge is -2.43. The molecule has 0 aromatic carbocycles. The fraction of sp³-hybridized carbons (Fsp3) is 0.929. The van der Waals surface area contributed by atoms with E-state index in [1.165, 1.54) is 38.6 Å². The summed E-state index contributed by atoms with van der Waals surface area (Å²) in [5, 5.41) is 0. The van der Waals surface area contributed by atoms with Crippen molar-refractivity contribution in [3.63, 3.8) is 0 Å². The van der Waals surface area contributed by atoms with Gasteiger partial charge in [0.1, 0.15) is 0 Å². The lowest BCUT2D eigenvalue weighted by atomic mass is 9.79. The van der Waals surface area contributed by atoms with Crippen LogP contribution in [0.4, 0.5) is 0 Å². The molecule has 3 atom stereocenters. The van der Waals surface area contributed by atoms with Crippen molar-refractivity contribution in [3.8, 4) is 0 Å². The number of rotatable bonds is 2. The molecule has 2 fully saturated rings. The van der Waals surface area contributed by atoms with Gasteiger partial charge in [-0.05, 0) is 50.5 Å². The molecule has 1 aliphatic carbocycles. The SMILES string of the molecule is CC1CC(C)CC(N2CCCC(C(N)=S)C2)C1. The van der Waals surface area contributed by atoms with Crippen molar-refractivity contribution >= 4 is 17.2 Å². The second kappa shape index (κ2) is 5.66. The van der Waals surface area contributed by atoms with Crippen LogP contribution < -0.4 is 5.73 Å². The van der Waals surface area contributed by atoms with E-state index in [0.29, 0.717) is 5.92 Å². The monoisotopic (exact) mass is 254 g/mol. The summed E-state index contributed by atoms with van der Waals surface area (Å²) in [7, 11) is 0. The van der Waals surface area contributed by atoms with E-state index in [-0.39, 0.29) is 0 Å². The Morgan fingerprint density at radius 3 is 2.41 bits per heavy atom. The number of nitrogens with zero attached hydrogens (tertiary/aromatic N) is 1. The van der Waals surface area contributed by atoms with Gasteiger partial charge in [0.15, 0.2) is 0 Å². The maximum absolute atomic E-state index is 5.82. The summed E-state index contributed by atoms with van der Waals surface area (Å²) in [6.07, 6.45) is 6.61. The highest BCUT2D eigenvalue weighted by atomic mass is 32.1. The fourth-order valence-electron chi connectivity index (χ4n) is 3.77. The molecule has 3 unspecified atom stereocenters. The molecule has 0 aromatic rings. The van der Waals surface area contributed by atoms with Crippen LogP contribution in [0.5, 0.6) is 0 Å². The molecule has 1 heterocycles. The molecule has 2 nitrogen and oxygen atoms in total. The van der Waals surface area contributed by atoms with E-state index < -0.39 is 0 Å². The van der Waals surface area contributed by atoms with Gasteiger partial charge < -0.3 is 5.73 Å². The van der Waals surface area contributed by atoms with E-state index >= 15 is 0 Å². The van der Waals surface area contributed by atoms with Crippen molar-refractivity contribution in [1.82, 2.24) is 4.90 Å². The number of thiocarbonyl (C=S) groups is 1. The minimum Gasteiger partial charge on any atom is -0.393 e. The van der Waals surface area contributed by atoms with E-state index in [0.717, 1.165) is 29.4 Å². The number of piperidine rings is 1. The molecule has 1 saturated carbocycles. The van der Waals surface area contributed by atoms with E-state index in [1.54, 1.807) is 0 Å². The van der Waals surface area contributed by atoms with E-state index in [1.807, 2.05) is 0 Å². The molecule has 1 aliphatic heterocycles. The van der Waals surface area contributed by atoms with Crippen LogP contribution in [0.3, 0.4) is 0 Å². The molecule has 0 spiro atoms. The first-order chi connectivity index (χ1) is 8.06. The molecule has 98 valence electrons. The van der Waals surface area contributed by atoms with Gasteiger partial charge >= 0.3 is 0 Å². The first-order valence-corrected chi connectivity index (χ1v) is 7.50. The average Bonchev–Trinajstić information content (AvgIpc) is 2.28. The molecule has 2 rings (SSSR count). The van der Waals surface area contributed by atoms with Gasteiger partial charge in [-0.1, -0.05) is 26.1 Å². The number of likely N-dealkylation sites (tertiary alicyclic amines) is 1. The molecule has 0 bridgehead atoms. The quantitative estimate of drug-likeness (QED) is 0.768. The molecule has 1 saturated heterocycles. The third kappa shape index (κ3) is 3.41. The van der Waals surface area contributed by atoms with Gasteiger partial charge in [-0.2, -0.15) is 0 Å². The molecule has 17 heavy (non-hydrogen) atoms. The fourth-order valence-corrected chi connectivity index (χ4v) is 3.97. The van der Waals surface area contributed by atoms with Gasteiger partial charge in [0.25, 0.3) is 0 Å². The largest absolute Gasteiger partial charge is 0.393 e. The lowest BCUT2D eigenvalue weighted by molar-refractivity contribution is 0.0818. The Labute approximate surface area is 111 Å². The zero-order valence-corrected chi connectivity index (χ0v) is 12.0. The topological polar surface area (TPSA) is 29.3 Å². The summed E-state index contributed by atoms with van der Waals surface area (Å²) in [6.45, 7) is 7.16. The zero-order valence-electron chi connectivity index (χ0n) is 11.2. The second-order valence-corrected chi connectivity index (χ2v) is 6.78. The molecular formula is C14H26N2S. The molecule has 0 amide bonds. The van der Waals surface area contributed by atoms with Gasteiger partial charge in [-0.25, -0.2) is 0 Å². The van der Waals surface area contributed by atoms with Gasteiger partial charge in [-0.3, -0.25) is 4.90 Å². The summed E-state index contributed by atoms with van der Waals surface area (Å²) >= 11 is 5.17. The van der Waals surface area contributed by atoms with Gasteiger partial charge in [0.05, 0.1) is 4.99 Å². The molecule has 2 aliphatic rings. The van der Waals surface area contributed by atoms with E-state index in [2.05, 4.69) is 18.7 Å². The van der Waals surface area contributed by atoms with Crippen molar-refractivity contribution in [2.24, 2.45) is 23.5 Å². The molecule has 2 N–H and O–H groups in total. The summed E-state index contributed by atoms with van der Waals surface area (Å²) in [5.74, 6) is 2.23.